The lowest BCUT2D eigenvalue weighted by atomic mass is 10.1. The first-order valence-corrected chi connectivity index (χ1v) is 6.03. The Balaban J connectivity index is 2.00. The van der Waals surface area contributed by atoms with Gasteiger partial charge in [0.25, 0.3) is 0 Å². The SMILES string of the molecule is Cc1cc(/C(N)=N/O)ccc1OCC1CCCO1. The molecule has 5 heteroatoms. The number of ether oxygens (including phenoxy) is 2. The highest BCUT2D eigenvalue weighted by Crippen LogP contribution is 2.21. The third-order valence-electron chi connectivity index (χ3n) is 3.03. The molecule has 1 aliphatic rings. The van der Waals surface area contributed by atoms with Gasteiger partial charge in [-0.2, -0.15) is 0 Å². The van der Waals surface area contributed by atoms with E-state index in [1.165, 1.54) is 0 Å². The number of amidine groups is 1. The van der Waals surface area contributed by atoms with Crippen LogP contribution < -0.4 is 10.5 Å². The van der Waals surface area contributed by atoms with E-state index < -0.39 is 0 Å². The number of benzene rings is 1. The summed E-state index contributed by atoms with van der Waals surface area (Å²) in [6, 6.07) is 5.43. The first-order chi connectivity index (χ1) is 8.70. The van der Waals surface area contributed by atoms with Gasteiger partial charge in [-0.3, -0.25) is 0 Å². The Hall–Kier alpha value is -1.75. The third kappa shape index (κ3) is 2.92. The molecule has 1 unspecified atom stereocenters. The Labute approximate surface area is 106 Å². The molecular weight excluding hydrogens is 232 g/mol. The van der Waals surface area contributed by atoms with Crippen molar-refractivity contribution < 1.29 is 14.7 Å². The molecule has 0 amide bonds. The molecule has 0 aromatic heterocycles. The van der Waals surface area contributed by atoms with Gasteiger partial charge in [0, 0.05) is 12.2 Å². The highest BCUT2D eigenvalue weighted by atomic mass is 16.5. The number of hydrogen-bond donors (Lipinski definition) is 2. The van der Waals surface area contributed by atoms with Crippen molar-refractivity contribution in [3.63, 3.8) is 0 Å². The Morgan fingerprint density at radius 1 is 1.61 bits per heavy atom. The van der Waals surface area contributed by atoms with Crippen LogP contribution in [-0.2, 0) is 4.74 Å². The van der Waals surface area contributed by atoms with E-state index in [0.717, 1.165) is 30.8 Å². The highest BCUT2D eigenvalue weighted by molar-refractivity contribution is 5.97. The maximum absolute atomic E-state index is 8.61. The lowest BCUT2D eigenvalue weighted by molar-refractivity contribution is 0.0677. The molecule has 0 bridgehead atoms. The average molecular weight is 250 g/mol. The minimum Gasteiger partial charge on any atom is -0.491 e. The normalized spacial score (nSPS) is 20.1. The molecule has 3 N–H and O–H groups in total. The summed E-state index contributed by atoms with van der Waals surface area (Å²) in [4.78, 5) is 0. The molecule has 5 nitrogen and oxygen atoms in total. The molecule has 1 heterocycles. The van der Waals surface area contributed by atoms with E-state index in [4.69, 9.17) is 20.4 Å². The molecule has 1 atom stereocenters. The van der Waals surface area contributed by atoms with Crippen LogP contribution in [0.25, 0.3) is 0 Å². The van der Waals surface area contributed by atoms with Crippen LogP contribution in [0.1, 0.15) is 24.0 Å². The Morgan fingerprint density at radius 2 is 2.44 bits per heavy atom. The number of rotatable bonds is 4. The zero-order valence-electron chi connectivity index (χ0n) is 10.4. The second kappa shape index (κ2) is 5.73. The van der Waals surface area contributed by atoms with E-state index in [-0.39, 0.29) is 11.9 Å². The van der Waals surface area contributed by atoms with Gasteiger partial charge in [0.1, 0.15) is 12.4 Å². The molecule has 0 radical (unpaired) electrons. The van der Waals surface area contributed by atoms with Crippen molar-refractivity contribution in [2.75, 3.05) is 13.2 Å². The largest absolute Gasteiger partial charge is 0.491 e. The van der Waals surface area contributed by atoms with E-state index in [2.05, 4.69) is 5.16 Å². The molecule has 0 spiro atoms. The number of nitrogens with two attached hydrogens (primary N) is 1. The van der Waals surface area contributed by atoms with Gasteiger partial charge in [-0.25, -0.2) is 0 Å². The average Bonchev–Trinajstić information content (AvgIpc) is 2.89. The fourth-order valence-electron chi connectivity index (χ4n) is 1.99. The summed E-state index contributed by atoms with van der Waals surface area (Å²) in [7, 11) is 0. The lowest BCUT2D eigenvalue weighted by Crippen LogP contribution is -2.17. The Kier molecular flexibility index (Phi) is 4.04. The van der Waals surface area contributed by atoms with Gasteiger partial charge in [0.15, 0.2) is 5.84 Å². The smallest absolute Gasteiger partial charge is 0.170 e. The minimum absolute atomic E-state index is 0.101. The van der Waals surface area contributed by atoms with Crippen LogP contribution in [-0.4, -0.2) is 30.4 Å². The quantitative estimate of drug-likeness (QED) is 0.368. The molecule has 1 saturated heterocycles. The van der Waals surface area contributed by atoms with E-state index in [1.807, 2.05) is 19.1 Å². The summed E-state index contributed by atoms with van der Waals surface area (Å²) in [6.45, 7) is 3.33. The van der Waals surface area contributed by atoms with E-state index >= 15 is 0 Å². The molecule has 98 valence electrons. The second-order valence-electron chi connectivity index (χ2n) is 4.41. The predicted molar refractivity (Wildman–Crippen MR) is 68.2 cm³/mol. The topological polar surface area (TPSA) is 77.1 Å². The summed E-state index contributed by atoms with van der Waals surface area (Å²) >= 11 is 0. The van der Waals surface area contributed by atoms with Gasteiger partial charge in [0.2, 0.25) is 0 Å². The van der Waals surface area contributed by atoms with Gasteiger partial charge in [-0.05, 0) is 43.5 Å². The molecule has 1 fully saturated rings. The number of aryl methyl sites for hydroxylation is 1. The van der Waals surface area contributed by atoms with Gasteiger partial charge >= 0.3 is 0 Å². The molecule has 0 saturated carbocycles. The van der Waals surface area contributed by atoms with E-state index in [0.29, 0.717) is 12.2 Å². The highest BCUT2D eigenvalue weighted by Gasteiger charge is 2.16. The van der Waals surface area contributed by atoms with Crippen LogP contribution in [0, 0.1) is 6.92 Å². The van der Waals surface area contributed by atoms with Gasteiger partial charge < -0.3 is 20.4 Å². The number of hydrogen-bond acceptors (Lipinski definition) is 4. The van der Waals surface area contributed by atoms with Gasteiger partial charge in [0.05, 0.1) is 6.10 Å². The van der Waals surface area contributed by atoms with Crippen molar-refractivity contribution in [2.45, 2.75) is 25.9 Å². The fourth-order valence-corrected chi connectivity index (χ4v) is 1.99. The monoisotopic (exact) mass is 250 g/mol. The van der Waals surface area contributed by atoms with Crippen molar-refractivity contribution in [1.82, 2.24) is 0 Å². The lowest BCUT2D eigenvalue weighted by Gasteiger charge is -2.13. The summed E-state index contributed by atoms with van der Waals surface area (Å²) < 4.78 is 11.2. The molecule has 1 aromatic rings. The molecule has 1 aliphatic heterocycles. The van der Waals surface area contributed by atoms with Crippen LogP contribution >= 0.6 is 0 Å². The molecular formula is C13H18N2O3. The van der Waals surface area contributed by atoms with Crippen LogP contribution in [0.4, 0.5) is 0 Å². The standard InChI is InChI=1S/C13H18N2O3/c1-9-7-10(13(14)15-16)4-5-12(9)18-8-11-3-2-6-17-11/h4-5,7,11,16H,2-3,6,8H2,1H3,(H2,14,15). The van der Waals surface area contributed by atoms with Crippen molar-refractivity contribution in [3.05, 3.63) is 29.3 Å². The summed E-state index contributed by atoms with van der Waals surface area (Å²) in [5, 5.41) is 11.6. The molecule has 1 aromatic carbocycles. The number of nitrogens with zero attached hydrogens (tertiary/aromatic N) is 1. The van der Waals surface area contributed by atoms with E-state index in [1.54, 1.807) is 6.07 Å². The summed E-state index contributed by atoms with van der Waals surface area (Å²) in [5.41, 5.74) is 7.16. The third-order valence-corrected chi connectivity index (χ3v) is 3.03. The van der Waals surface area contributed by atoms with Crippen molar-refractivity contribution in [1.29, 1.82) is 0 Å². The van der Waals surface area contributed by atoms with Gasteiger partial charge in [-0.1, -0.05) is 5.16 Å². The van der Waals surface area contributed by atoms with Crippen LogP contribution in [0.2, 0.25) is 0 Å². The molecule has 0 aliphatic carbocycles. The van der Waals surface area contributed by atoms with Crippen LogP contribution in [0.5, 0.6) is 5.75 Å². The maximum atomic E-state index is 8.61. The minimum atomic E-state index is 0.101. The summed E-state index contributed by atoms with van der Waals surface area (Å²) in [5.74, 6) is 0.906. The Bertz CT molecular complexity index is 440. The zero-order chi connectivity index (χ0) is 13.0. The van der Waals surface area contributed by atoms with Crippen molar-refractivity contribution >= 4 is 5.84 Å². The fraction of sp³-hybridized carbons (Fsp3) is 0.462. The summed E-state index contributed by atoms with van der Waals surface area (Å²) in [6.07, 6.45) is 2.37. The van der Waals surface area contributed by atoms with Crippen molar-refractivity contribution in [2.24, 2.45) is 10.9 Å². The molecule has 18 heavy (non-hydrogen) atoms. The van der Waals surface area contributed by atoms with Crippen LogP contribution in [0.15, 0.2) is 23.4 Å². The first-order valence-electron chi connectivity index (χ1n) is 6.03. The first kappa shape index (κ1) is 12.7. The Morgan fingerprint density at radius 3 is 3.06 bits per heavy atom. The van der Waals surface area contributed by atoms with E-state index in [9.17, 15) is 0 Å². The second-order valence-corrected chi connectivity index (χ2v) is 4.41. The van der Waals surface area contributed by atoms with Crippen LogP contribution in [0.3, 0.4) is 0 Å². The van der Waals surface area contributed by atoms with Crippen molar-refractivity contribution in [3.8, 4) is 5.75 Å². The zero-order valence-corrected chi connectivity index (χ0v) is 10.4. The predicted octanol–water partition coefficient (Wildman–Crippen LogP) is 1.65. The molecule has 2 rings (SSSR count). The van der Waals surface area contributed by atoms with Gasteiger partial charge in [-0.15, -0.1) is 0 Å². The maximum Gasteiger partial charge on any atom is 0.170 e. The number of oxime groups is 1.